The van der Waals surface area contributed by atoms with Gasteiger partial charge in [-0.15, -0.1) is 0 Å². The molecule has 2 aliphatic carbocycles. The summed E-state index contributed by atoms with van der Waals surface area (Å²) in [6.45, 7) is 0. The van der Waals surface area contributed by atoms with Crippen LogP contribution in [0.1, 0.15) is 87.9 Å². The van der Waals surface area contributed by atoms with E-state index >= 15 is 0 Å². The molecule has 7 rings (SSSR count). The highest BCUT2D eigenvalue weighted by atomic mass is 14.9. The van der Waals surface area contributed by atoms with Gasteiger partial charge < -0.3 is 4.98 Å². The lowest BCUT2D eigenvalue weighted by atomic mass is 9.83. The van der Waals surface area contributed by atoms with E-state index in [1.807, 2.05) is 6.20 Å². The Balaban J connectivity index is 1.06. The summed E-state index contributed by atoms with van der Waals surface area (Å²) < 4.78 is 0. The van der Waals surface area contributed by atoms with Gasteiger partial charge in [0, 0.05) is 29.8 Å². The minimum absolute atomic E-state index is 0.600. The van der Waals surface area contributed by atoms with Gasteiger partial charge in [0.1, 0.15) is 5.82 Å². The molecule has 0 radical (unpaired) electrons. The monoisotopic (exact) mass is 499 g/mol. The predicted octanol–water partition coefficient (Wildman–Crippen LogP) is 9.71. The van der Waals surface area contributed by atoms with Crippen LogP contribution in [0.4, 0.5) is 0 Å². The number of imidazole rings is 1. The molecule has 0 unspecified atom stereocenters. The van der Waals surface area contributed by atoms with E-state index in [0.717, 1.165) is 12.1 Å². The summed E-state index contributed by atoms with van der Waals surface area (Å²) in [5.41, 5.74) is 8.95. The summed E-state index contributed by atoms with van der Waals surface area (Å²) in [6.07, 6.45) is 18.5. The van der Waals surface area contributed by atoms with E-state index in [9.17, 15) is 0 Å². The van der Waals surface area contributed by atoms with E-state index in [0.29, 0.717) is 11.8 Å². The zero-order valence-corrected chi connectivity index (χ0v) is 22.3. The molecule has 0 bridgehead atoms. The molecule has 1 aliphatic heterocycles. The van der Waals surface area contributed by atoms with Crippen molar-refractivity contribution in [1.82, 2.24) is 9.97 Å². The van der Waals surface area contributed by atoms with Crippen molar-refractivity contribution in [2.75, 3.05) is 0 Å². The fourth-order valence-electron chi connectivity index (χ4n) is 6.85. The Kier molecular flexibility index (Phi) is 6.45. The fourth-order valence-corrected chi connectivity index (χ4v) is 6.85. The largest absolute Gasteiger partial charge is 0.342 e. The molecule has 3 nitrogen and oxygen atoms in total. The average molecular weight is 500 g/mol. The van der Waals surface area contributed by atoms with Crippen molar-refractivity contribution in [2.45, 2.75) is 76.5 Å². The molecule has 0 spiro atoms. The number of aromatic nitrogens is 2. The number of hydrogen-bond donors (Lipinski definition) is 1. The van der Waals surface area contributed by atoms with Gasteiger partial charge in [0.15, 0.2) is 0 Å². The number of nitrogens with one attached hydrogen (secondary N) is 1. The van der Waals surface area contributed by atoms with Gasteiger partial charge in [0.25, 0.3) is 0 Å². The highest BCUT2D eigenvalue weighted by molar-refractivity contribution is 6.00. The van der Waals surface area contributed by atoms with E-state index in [1.54, 1.807) is 0 Å². The molecule has 0 amide bonds. The molecule has 4 aromatic rings. The first-order chi connectivity index (χ1) is 18.8. The lowest BCUT2D eigenvalue weighted by Gasteiger charge is -2.21. The number of fused-ring (bicyclic) bond motifs is 1. The van der Waals surface area contributed by atoms with Crippen molar-refractivity contribution in [1.29, 1.82) is 0 Å². The summed E-state index contributed by atoms with van der Waals surface area (Å²) in [6, 6.07) is 22.7. The van der Waals surface area contributed by atoms with Crippen LogP contribution in [0.5, 0.6) is 0 Å². The topological polar surface area (TPSA) is 41.0 Å². The van der Waals surface area contributed by atoms with Crippen molar-refractivity contribution in [3.63, 3.8) is 0 Å². The van der Waals surface area contributed by atoms with Gasteiger partial charge in [0.2, 0.25) is 0 Å². The second-order valence-electron chi connectivity index (χ2n) is 11.7. The van der Waals surface area contributed by atoms with Crippen molar-refractivity contribution in [3.05, 3.63) is 84.4 Å². The Bertz CT molecular complexity index is 1490. The number of H-pyrrole nitrogens is 1. The highest BCUT2D eigenvalue weighted by Crippen LogP contribution is 2.35. The zero-order valence-electron chi connectivity index (χ0n) is 22.3. The molecule has 3 heteroatoms. The van der Waals surface area contributed by atoms with Crippen LogP contribution < -0.4 is 0 Å². The third kappa shape index (κ3) is 4.75. The third-order valence-corrected chi connectivity index (χ3v) is 9.16. The summed E-state index contributed by atoms with van der Waals surface area (Å²) in [4.78, 5) is 13.2. The van der Waals surface area contributed by atoms with Crippen molar-refractivity contribution >= 4 is 22.1 Å². The molecule has 192 valence electrons. The van der Waals surface area contributed by atoms with Crippen LogP contribution in [0.3, 0.4) is 0 Å². The number of hydrogen-bond acceptors (Lipinski definition) is 2. The van der Waals surface area contributed by atoms with Gasteiger partial charge in [-0.2, -0.15) is 0 Å². The molecule has 0 atom stereocenters. The van der Waals surface area contributed by atoms with Crippen LogP contribution in [-0.4, -0.2) is 15.7 Å². The molecule has 2 fully saturated rings. The number of aromatic amines is 1. The van der Waals surface area contributed by atoms with E-state index in [1.165, 1.54) is 114 Å². The van der Waals surface area contributed by atoms with Crippen molar-refractivity contribution < 1.29 is 0 Å². The lowest BCUT2D eigenvalue weighted by molar-refractivity contribution is 0.431. The van der Waals surface area contributed by atoms with E-state index in [4.69, 9.17) is 9.98 Å². The lowest BCUT2D eigenvalue weighted by Crippen LogP contribution is -2.16. The quantitative estimate of drug-likeness (QED) is 0.292. The van der Waals surface area contributed by atoms with E-state index < -0.39 is 0 Å². The first-order valence-electron chi connectivity index (χ1n) is 14.8. The van der Waals surface area contributed by atoms with E-state index in [-0.39, 0.29) is 0 Å². The maximum atomic E-state index is 4.83. The normalized spacial score (nSPS) is 19.1. The van der Waals surface area contributed by atoms with Crippen molar-refractivity contribution in [2.24, 2.45) is 10.9 Å². The predicted molar refractivity (Wildman–Crippen MR) is 159 cm³/mol. The molecule has 2 heterocycles. The van der Waals surface area contributed by atoms with E-state index in [2.05, 4.69) is 71.8 Å². The Labute approximate surface area is 226 Å². The maximum Gasteiger partial charge on any atom is 0.109 e. The first-order valence-corrected chi connectivity index (χ1v) is 14.8. The smallest absolute Gasteiger partial charge is 0.109 e. The van der Waals surface area contributed by atoms with Gasteiger partial charge in [0.05, 0.1) is 11.9 Å². The van der Waals surface area contributed by atoms with Gasteiger partial charge in [-0.1, -0.05) is 87.1 Å². The maximum absolute atomic E-state index is 4.83. The van der Waals surface area contributed by atoms with Gasteiger partial charge >= 0.3 is 0 Å². The number of nitrogens with zero attached hydrogens (tertiary/aromatic N) is 2. The Morgan fingerprint density at radius 2 is 1.21 bits per heavy atom. The molecule has 1 N–H and O–H groups in total. The van der Waals surface area contributed by atoms with Crippen LogP contribution in [0.2, 0.25) is 0 Å². The second kappa shape index (κ2) is 10.4. The minimum atomic E-state index is 0.600. The van der Waals surface area contributed by atoms with Crippen LogP contribution in [0.15, 0.2) is 78.1 Å². The molecule has 3 aromatic carbocycles. The van der Waals surface area contributed by atoms with Gasteiger partial charge in [-0.05, 0) is 76.8 Å². The van der Waals surface area contributed by atoms with Crippen molar-refractivity contribution in [3.8, 4) is 22.4 Å². The third-order valence-electron chi connectivity index (χ3n) is 9.16. The Morgan fingerprint density at radius 1 is 0.605 bits per heavy atom. The van der Waals surface area contributed by atoms with Crippen LogP contribution in [-0.2, 0) is 0 Å². The summed E-state index contributed by atoms with van der Waals surface area (Å²) >= 11 is 0. The Morgan fingerprint density at radius 3 is 1.95 bits per heavy atom. The minimum Gasteiger partial charge on any atom is -0.342 e. The molecule has 2 saturated carbocycles. The van der Waals surface area contributed by atoms with Gasteiger partial charge in [-0.3, -0.25) is 4.99 Å². The van der Waals surface area contributed by atoms with Gasteiger partial charge in [-0.25, -0.2) is 4.98 Å². The standard InChI is InChI=1S/C35H37N3/c1-3-7-26(8-4-1)33-21-32(22-36-33)25-13-11-24(12-14-25)28-15-16-30-20-31(18-17-29(30)19-28)34-23-37-35(38-34)27-9-5-2-6-10-27/h11-20,22-23,26-27H,1-10,21H2,(H,37,38). The SMILES string of the molecule is C1=C(c2ccc(-c3ccc4cc(-c5cnc(C6CCCCC6)[nH]5)ccc4c3)cc2)CC(C2CCCCC2)=N1. The molecule has 1 aromatic heterocycles. The molecule has 38 heavy (non-hydrogen) atoms. The summed E-state index contributed by atoms with van der Waals surface area (Å²) in [7, 11) is 0. The molecular formula is C35H37N3. The summed E-state index contributed by atoms with van der Waals surface area (Å²) in [5.74, 6) is 2.48. The molecule has 3 aliphatic rings. The average Bonchev–Trinajstić information content (AvgIpc) is 3.69. The fraction of sp³-hybridized carbons (Fsp3) is 0.371. The van der Waals surface area contributed by atoms with Crippen LogP contribution in [0, 0.1) is 5.92 Å². The number of benzene rings is 3. The number of allylic oxidation sites excluding steroid dienone is 1. The molecular weight excluding hydrogens is 462 g/mol. The van der Waals surface area contributed by atoms with Crippen LogP contribution in [0.25, 0.3) is 38.7 Å². The highest BCUT2D eigenvalue weighted by Gasteiger charge is 2.23. The number of aliphatic imine (C=N–C) groups is 1. The van der Waals surface area contributed by atoms with Crippen LogP contribution >= 0.6 is 0 Å². The first kappa shape index (κ1) is 23.6. The Hall–Kier alpha value is -3.46. The molecule has 0 saturated heterocycles. The number of rotatable bonds is 5. The second-order valence-corrected chi connectivity index (χ2v) is 11.7. The zero-order chi connectivity index (χ0) is 25.3. The summed E-state index contributed by atoms with van der Waals surface area (Å²) in [5, 5.41) is 2.53.